The molecule has 3 rings (SSSR count). The maximum Gasteiger partial charge on any atom is 0.256 e. The molecule has 3 aromatic rings. The monoisotopic (exact) mass is 417 g/mol. The number of amides is 1. The molecule has 1 amide bonds. The minimum Gasteiger partial charge on any atom is -0.385 e. The van der Waals surface area contributed by atoms with Crippen LogP contribution >= 0.6 is 11.8 Å². The van der Waals surface area contributed by atoms with Crippen LogP contribution in [0, 0.1) is 5.82 Å². The molecule has 4 nitrogen and oxygen atoms in total. The molecule has 0 aliphatic carbocycles. The van der Waals surface area contributed by atoms with Crippen LogP contribution in [0.4, 0.5) is 4.39 Å². The highest BCUT2D eigenvalue weighted by Crippen LogP contribution is 2.25. The average molecular weight is 418 g/mol. The van der Waals surface area contributed by atoms with Gasteiger partial charge in [0.05, 0.1) is 0 Å². The van der Waals surface area contributed by atoms with Gasteiger partial charge >= 0.3 is 0 Å². The molecule has 150 valence electrons. The summed E-state index contributed by atoms with van der Waals surface area (Å²) in [6.07, 6.45) is 6.68. The number of halogens is 1. The third kappa shape index (κ3) is 5.93. The van der Waals surface area contributed by atoms with E-state index in [9.17, 15) is 9.18 Å². The predicted molar refractivity (Wildman–Crippen MR) is 119 cm³/mol. The Morgan fingerprint density at radius 3 is 2.37 bits per heavy atom. The van der Waals surface area contributed by atoms with Crippen molar-refractivity contribution in [1.82, 2.24) is 10.3 Å². The summed E-state index contributed by atoms with van der Waals surface area (Å²) in [4.78, 5) is 17.7. The molecule has 3 N–H and O–H groups in total. The highest BCUT2D eigenvalue weighted by atomic mass is 32.2. The molecule has 0 bridgehead atoms. The third-order valence-electron chi connectivity index (χ3n) is 4.02. The van der Waals surface area contributed by atoms with Gasteiger partial charge in [0.1, 0.15) is 16.7 Å². The largest absolute Gasteiger partial charge is 0.385 e. The Labute approximate surface area is 179 Å². The molecule has 6 heteroatoms. The molecular weight excluding hydrogens is 397 g/mol. The number of nitrogens with one attached hydrogen (secondary N) is 1. The molecule has 0 unspecified atom stereocenters. The molecule has 0 aliphatic rings. The van der Waals surface area contributed by atoms with E-state index < -0.39 is 0 Å². The second-order valence-corrected chi connectivity index (χ2v) is 7.31. The molecular formula is C24H20FN3OS. The van der Waals surface area contributed by atoms with Gasteiger partial charge < -0.3 is 11.1 Å². The number of hydrogen-bond acceptors (Lipinski definition) is 4. The molecule has 0 atom stereocenters. The van der Waals surface area contributed by atoms with Gasteiger partial charge in [0.15, 0.2) is 0 Å². The Morgan fingerprint density at radius 1 is 1.03 bits per heavy atom. The molecule has 0 saturated carbocycles. The van der Waals surface area contributed by atoms with Crippen LogP contribution in [0.3, 0.4) is 0 Å². The first-order valence-corrected chi connectivity index (χ1v) is 9.93. The van der Waals surface area contributed by atoms with Gasteiger partial charge in [-0.15, -0.1) is 0 Å². The molecule has 30 heavy (non-hydrogen) atoms. The van der Waals surface area contributed by atoms with Crippen LogP contribution in [0.15, 0.2) is 113 Å². The number of allylic oxidation sites excluding steroid dienone is 4. The Kier molecular flexibility index (Phi) is 7.19. The SMILES string of the molecule is C=C/C=C(\C=C(/N)NC(=O)c1ccc(Sc2ccccn2)cc1)c1ccc(F)cc1. The fourth-order valence-electron chi connectivity index (χ4n) is 2.61. The number of hydrogen-bond donors (Lipinski definition) is 2. The highest BCUT2D eigenvalue weighted by Gasteiger charge is 2.08. The first-order valence-electron chi connectivity index (χ1n) is 9.11. The summed E-state index contributed by atoms with van der Waals surface area (Å²) in [6, 6.07) is 18.9. The van der Waals surface area contributed by atoms with Crippen LogP contribution in [0.25, 0.3) is 5.57 Å². The van der Waals surface area contributed by atoms with Crippen LogP contribution in [0.5, 0.6) is 0 Å². The number of nitrogens with two attached hydrogens (primary N) is 1. The lowest BCUT2D eigenvalue weighted by Crippen LogP contribution is -2.27. The zero-order chi connectivity index (χ0) is 21.3. The van der Waals surface area contributed by atoms with E-state index in [1.54, 1.807) is 48.7 Å². The Morgan fingerprint density at radius 2 is 1.73 bits per heavy atom. The van der Waals surface area contributed by atoms with Crippen molar-refractivity contribution in [3.8, 4) is 0 Å². The van der Waals surface area contributed by atoms with Crippen molar-refractivity contribution >= 4 is 23.2 Å². The maximum absolute atomic E-state index is 13.2. The molecule has 0 fully saturated rings. The minimum absolute atomic E-state index is 0.171. The Balaban J connectivity index is 1.68. The van der Waals surface area contributed by atoms with Crippen LogP contribution in [-0.2, 0) is 0 Å². The van der Waals surface area contributed by atoms with Crippen molar-refractivity contribution in [2.45, 2.75) is 9.92 Å². The van der Waals surface area contributed by atoms with Crippen molar-refractivity contribution in [2.24, 2.45) is 5.73 Å². The van der Waals surface area contributed by atoms with Gasteiger partial charge in [0.2, 0.25) is 0 Å². The van der Waals surface area contributed by atoms with Crippen molar-refractivity contribution in [1.29, 1.82) is 0 Å². The summed E-state index contributed by atoms with van der Waals surface area (Å²) in [5, 5.41) is 3.55. The smallest absolute Gasteiger partial charge is 0.256 e. The second kappa shape index (κ2) is 10.2. The summed E-state index contributed by atoms with van der Waals surface area (Å²) in [7, 11) is 0. The molecule has 0 saturated heterocycles. The summed E-state index contributed by atoms with van der Waals surface area (Å²) >= 11 is 1.51. The lowest BCUT2D eigenvalue weighted by atomic mass is 10.0. The van der Waals surface area contributed by atoms with E-state index in [-0.39, 0.29) is 17.5 Å². The van der Waals surface area contributed by atoms with Crippen LogP contribution in [-0.4, -0.2) is 10.9 Å². The van der Waals surface area contributed by atoms with Gasteiger partial charge in [0.25, 0.3) is 5.91 Å². The number of carbonyl (C=O) groups is 1. The summed E-state index contributed by atoms with van der Waals surface area (Å²) in [5.74, 6) is -0.480. The Bertz CT molecular complexity index is 1080. The number of nitrogens with zero attached hydrogens (tertiary/aromatic N) is 1. The fourth-order valence-corrected chi connectivity index (χ4v) is 3.38. The van der Waals surface area contributed by atoms with Crippen LogP contribution < -0.4 is 11.1 Å². The topological polar surface area (TPSA) is 68.0 Å². The minimum atomic E-state index is -0.327. The second-order valence-electron chi connectivity index (χ2n) is 6.21. The van der Waals surface area contributed by atoms with E-state index in [2.05, 4.69) is 16.9 Å². The molecule has 0 radical (unpaired) electrons. The first-order chi connectivity index (χ1) is 14.5. The fraction of sp³-hybridized carbons (Fsp3) is 0. The van der Waals surface area contributed by atoms with Gasteiger partial charge in [-0.1, -0.05) is 48.7 Å². The van der Waals surface area contributed by atoms with E-state index >= 15 is 0 Å². The highest BCUT2D eigenvalue weighted by molar-refractivity contribution is 7.99. The van der Waals surface area contributed by atoms with Gasteiger partial charge in [-0.05, 0) is 65.7 Å². The van der Waals surface area contributed by atoms with E-state index in [1.807, 2.05) is 30.3 Å². The lowest BCUT2D eigenvalue weighted by molar-refractivity contribution is 0.0965. The van der Waals surface area contributed by atoms with Crippen molar-refractivity contribution in [3.05, 3.63) is 120 Å². The molecule has 1 aromatic heterocycles. The molecule has 2 aromatic carbocycles. The lowest BCUT2D eigenvalue weighted by Gasteiger charge is -2.08. The van der Waals surface area contributed by atoms with Crippen molar-refractivity contribution < 1.29 is 9.18 Å². The number of aromatic nitrogens is 1. The van der Waals surface area contributed by atoms with Crippen LogP contribution in [0.1, 0.15) is 15.9 Å². The summed E-state index contributed by atoms with van der Waals surface area (Å²) < 4.78 is 13.2. The summed E-state index contributed by atoms with van der Waals surface area (Å²) in [6.45, 7) is 3.68. The predicted octanol–water partition coefficient (Wildman–Crippen LogP) is 5.17. The van der Waals surface area contributed by atoms with Gasteiger partial charge in [-0.2, -0.15) is 0 Å². The number of benzene rings is 2. The zero-order valence-electron chi connectivity index (χ0n) is 16.1. The average Bonchev–Trinajstić information content (AvgIpc) is 2.75. The first kappa shape index (κ1) is 21.1. The van der Waals surface area contributed by atoms with Gasteiger partial charge in [-0.25, -0.2) is 9.37 Å². The third-order valence-corrected chi connectivity index (χ3v) is 4.98. The number of carbonyl (C=O) groups excluding carboxylic acids is 1. The normalized spacial score (nSPS) is 11.8. The van der Waals surface area contributed by atoms with E-state index in [0.717, 1.165) is 15.5 Å². The molecule has 0 aliphatic heterocycles. The Hall–Kier alpha value is -3.64. The van der Waals surface area contributed by atoms with E-state index in [1.165, 1.54) is 23.9 Å². The zero-order valence-corrected chi connectivity index (χ0v) is 16.9. The van der Waals surface area contributed by atoms with Crippen molar-refractivity contribution in [3.63, 3.8) is 0 Å². The van der Waals surface area contributed by atoms with E-state index in [4.69, 9.17) is 5.73 Å². The quantitative estimate of drug-likeness (QED) is 0.520. The standard InChI is InChI=1S/C24H20FN3OS/c1-2-5-19(17-7-11-20(25)12-8-17)16-22(26)28-24(29)18-9-13-21(14-10-18)30-23-6-3-4-15-27-23/h2-16H,1,26H2,(H,28,29)/b19-5+,22-16+. The van der Waals surface area contributed by atoms with Gasteiger partial charge in [0, 0.05) is 16.7 Å². The number of rotatable bonds is 7. The maximum atomic E-state index is 13.2. The van der Waals surface area contributed by atoms with E-state index in [0.29, 0.717) is 11.1 Å². The molecule has 0 spiro atoms. The summed E-state index contributed by atoms with van der Waals surface area (Å²) in [5.41, 5.74) is 7.94. The molecule has 1 heterocycles. The number of pyridine rings is 1. The van der Waals surface area contributed by atoms with Crippen LogP contribution in [0.2, 0.25) is 0 Å². The van der Waals surface area contributed by atoms with Gasteiger partial charge in [-0.3, -0.25) is 4.79 Å². The van der Waals surface area contributed by atoms with Crippen molar-refractivity contribution in [2.75, 3.05) is 0 Å².